The van der Waals surface area contributed by atoms with Crippen LogP contribution in [0.5, 0.6) is 0 Å². The molecule has 3 atom stereocenters. The molecular weight excluding hydrogens is 184 g/mol. The number of nitrogens with zero attached hydrogens (tertiary/aromatic N) is 2. The van der Waals surface area contributed by atoms with E-state index in [4.69, 9.17) is 5.26 Å². The lowest BCUT2D eigenvalue weighted by atomic mass is 10.2. The van der Waals surface area contributed by atoms with Crippen LogP contribution in [0, 0.1) is 11.5 Å². The predicted molar refractivity (Wildman–Crippen MR) is 55.6 cm³/mol. The number of nitriles is 1. The van der Waals surface area contributed by atoms with Gasteiger partial charge in [0.25, 0.3) is 0 Å². The Morgan fingerprint density at radius 1 is 1.54 bits per heavy atom. The maximum absolute atomic E-state index is 11.0. The molecule has 1 rings (SSSR count). The van der Waals surface area contributed by atoms with Crippen LogP contribution in [0.1, 0.15) is 27.2 Å². The Morgan fingerprint density at radius 3 is 2.31 bits per heavy atom. The minimum atomic E-state index is -0.777. The fraction of sp³-hybridized carbons (Fsp3) is 0.889. The van der Waals surface area contributed by atoms with Gasteiger partial charge in [-0.2, -0.15) is 5.26 Å². The summed E-state index contributed by atoms with van der Waals surface area (Å²) in [6, 6.07) is 0.272. The van der Waals surface area contributed by atoms with Gasteiger partial charge in [-0.15, -0.1) is 0 Å². The molecule has 0 aromatic carbocycles. The monoisotopic (exact) mass is 202 g/mol. The molecule has 1 heterocycles. The van der Waals surface area contributed by atoms with E-state index in [1.807, 2.05) is 20.8 Å². The Kier molecular flexibility index (Phi) is 5.72. The highest BCUT2D eigenvalue weighted by molar-refractivity contribution is 7.84. The molecule has 0 radical (unpaired) electrons. The molecule has 1 aliphatic rings. The van der Waals surface area contributed by atoms with Gasteiger partial charge in [-0.25, -0.2) is 0 Å². The summed E-state index contributed by atoms with van der Waals surface area (Å²) in [7, 11) is -0.777. The second-order valence-electron chi connectivity index (χ2n) is 2.96. The lowest BCUT2D eigenvalue weighted by molar-refractivity contribution is 0.388. The molecule has 0 spiro atoms. The molecule has 0 aromatic rings. The van der Waals surface area contributed by atoms with Crippen molar-refractivity contribution in [3.05, 3.63) is 0 Å². The summed E-state index contributed by atoms with van der Waals surface area (Å²) >= 11 is 0. The summed E-state index contributed by atoms with van der Waals surface area (Å²) in [4.78, 5) is 1.70. The SMILES string of the molecule is CC.CC1CC(S(C)=O)CN1C#N. The zero-order chi connectivity index (χ0) is 10.4. The van der Waals surface area contributed by atoms with Crippen LogP contribution in [0.4, 0.5) is 0 Å². The van der Waals surface area contributed by atoms with Gasteiger partial charge >= 0.3 is 0 Å². The quantitative estimate of drug-likeness (QED) is 0.603. The first kappa shape index (κ1) is 12.4. The van der Waals surface area contributed by atoms with Crippen LogP contribution in [-0.4, -0.2) is 33.2 Å². The fourth-order valence-electron chi connectivity index (χ4n) is 1.36. The van der Waals surface area contributed by atoms with E-state index in [9.17, 15) is 4.21 Å². The second-order valence-corrected chi connectivity index (χ2v) is 4.62. The Morgan fingerprint density at radius 2 is 2.08 bits per heavy atom. The maximum Gasteiger partial charge on any atom is 0.179 e. The molecular formula is C9H18N2OS. The summed E-state index contributed by atoms with van der Waals surface area (Å²) in [5.74, 6) is 0. The summed E-state index contributed by atoms with van der Waals surface area (Å²) in [5.41, 5.74) is 0. The number of rotatable bonds is 1. The first-order chi connectivity index (χ1) is 6.15. The number of likely N-dealkylation sites (tertiary alicyclic amines) is 1. The van der Waals surface area contributed by atoms with Crippen LogP contribution < -0.4 is 0 Å². The largest absolute Gasteiger partial charge is 0.307 e. The molecule has 3 nitrogen and oxygen atoms in total. The van der Waals surface area contributed by atoms with E-state index in [0.717, 1.165) is 6.42 Å². The molecule has 0 bridgehead atoms. The molecule has 4 heteroatoms. The van der Waals surface area contributed by atoms with Gasteiger partial charge in [0.15, 0.2) is 6.19 Å². The maximum atomic E-state index is 11.0. The lowest BCUT2D eigenvalue weighted by Gasteiger charge is -2.10. The molecule has 0 N–H and O–H groups in total. The van der Waals surface area contributed by atoms with Gasteiger partial charge in [0.2, 0.25) is 0 Å². The molecule has 76 valence electrons. The van der Waals surface area contributed by atoms with Gasteiger partial charge in [0.05, 0.1) is 5.25 Å². The highest BCUT2D eigenvalue weighted by Crippen LogP contribution is 2.19. The van der Waals surface area contributed by atoms with E-state index in [1.54, 1.807) is 11.2 Å². The van der Waals surface area contributed by atoms with Gasteiger partial charge in [-0.05, 0) is 13.3 Å². The van der Waals surface area contributed by atoms with Crippen LogP contribution in [0.25, 0.3) is 0 Å². The van der Waals surface area contributed by atoms with Gasteiger partial charge in [-0.3, -0.25) is 4.21 Å². The molecule has 0 amide bonds. The predicted octanol–water partition coefficient (Wildman–Crippen LogP) is 1.33. The highest BCUT2D eigenvalue weighted by Gasteiger charge is 2.30. The number of hydrogen-bond donors (Lipinski definition) is 0. The molecule has 1 aliphatic heterocycles. The summed E-state index contributed by atoms with van der Waals surface area (Å²) in [5, 5.41) is 8.81. The molecule has 0 aliphatic carbocycles. The average Bonchev–Trinajstić information content (AvgIpc) is 2.50. The van der Waals surface area contributed by atoms with Crippen LogP contribution in [0.2, 0.25) is 0 Å². The van der Waals surface area contributed by atoms with E-state index in [0.29, 0.717) is 6.54 Å². The van der Waals surface area contributed by atoms with Gasteiger partial charge in [0, 0.05) is 29.6 Å². The van der Waals surface area contributed by atoms with Crippen molar-refractivity contribution < 1.29 is 4.21 Å². The minimum Gasteiger partial charge on any atom is -0.307 e. The Bertz CT molecular complexity index is 212. The van der Waals surface area contributed by atoms with Crippen LogP contribution in [0.3, 0.4) is 0 Å². The molecule has 1 saturated heterocycles. The summed E-state index contributed by atoms with van der Waals surface area (Å²) in [6.07, 6.45) is 4.69. The first-order valence-corrected chi connectivity index (χ1v) is 6.26. The smallest absolute Gasteiger partial charge is 0.179 e. The fourth-order valence-corrected chi connectivity index (χ4v) is 2.28. The topological polar surface area (TPSA) is 44.1 Å². The van der Waals surface area contributed by atoms with E-state index < -0.39 is 10.8 Å². The van der Waals surface area contributed by atoms with Crippen molar-refractivity contribution in [1.29, 1.82) is 5.26 Å². The van der Waals surface area contributed by atoms with Crippen LogP contribution in [-0.2, 0) is 10.8 Å². The number of hydrogen-bond acceptors (Lipinski definition) is 3. The standard InChI is InChI=1S/C7H12N2OS.C2H6/c1-6-3-7(11(2)10)4-9(6)5-8;1-2/h6-7H,3-4H2,1-2H3;1-2H3. The van der Waals surface area contributed by atoms with Crippen molar-refractivity contribution in [3.63, 3.8) is 0 Å². The molecule has 1 fully saturated rings. The lowest BCUT2D eigenvalue weighted by Crippen LogP contribution is -2.22. The zero-order valence-electron chi connectivity index (χ0n) is 8.78. The van der Waals surface area contributed by atoms with E-state index in [2.05, 4.69) is 6.19 Å². The van der Waals surface area contributed by atoms with Crippen molar-refractivity contribution >= 4 is 10.8 Å². The molecule has 3 unspecified atom stereocenters. The zero-order valence-corrected chi connectivity index (χ0v) is 9.60. The van der Waals surface area contributed by atoms with E-state index in [1.165, 1.54) is 0 Å². The Hall–Kier alpha value is -0.560. The van der Waals surface area contributed by atoms with Crippen molar-refractivity contribution in [2.75, 3.05) is 12.8 Å². The third kappa shape index (κ3) is 3.35. The molecule has 0 aromatic heterocycles. The third-order valence-corrected chi connectivity index (χ3v) is 3.41. The normalized spacial score (nSPS) is 28.7. The Labute approximate surface area is 83.2 Å². The average molecular weight is 202 g/mol. The summed E-state index contributed by atoms with van der Waals surface area (Å²) < 4.78 is 11.0. The van der Waals surface area contributed by atoms with E-state index in [-0.39, 0.29) is 11.3 Å². The third-order valence-electron chi connectivity index (χ3n) is 2.13. The Balaban J connectivity index is 0.000000671. The van der Waals surface area contributed by atoms with Gasteiger partial charge in [-0.1, -0.05) is 13.8 Å². The molecule has 0 saturated carbocycles. The van der Waals surface area contributed by atoms with Crippen LogP contribution in [0.15, 0.2) is 0 Å². The highest BCUT2D eigenvalue weighted by atomic mass is 32.2. The van der Waals surface area contributed by atoms with Crippen molar-refractivity contribution in [1.82, 2.24) is 4.90 Å². The summed E-state index contributed by atoms with van der Waals surface area (Å²) in [6.45, 7) is 6.66. The molecule has 13 heavy (non-hydrogen) atoms. The first-order valence-electron chi connectivity index (χ1n) is 4.63. The van der Waals surface area contributed by atoms with E-state index >= 15 is 0 Å². The van der Waals surface area contributed by atoms with Crippen molar-refractivity contribution in [2.45, 2.75) is 38.5 Å². The van der Waals surface area contributed by atoms with Crippen molar-refractivity contribution in [2.24, 2.45) is 0 Å². The van der Waals surface area contributed by atoms with Crippen LogP contribution >= 0.6 is 0 Å². The van der Waals surface area contributed by atoms with Gasteiger partial charge in [0.1, 0.15) is 0 Å². The van der Waals surface area contributed by atoms with Gasteiger partial charge < -0.3 is 4.90 Å². The van der Waals surface area contributed by atoms with Crippen molar-refractivity contribution in [3.8, 4) is 6.19 Å². The minimum absolute atomic E-state index is 0.199. The second kappa shape index (κ2) is 5.98.